The summed E-state index contributed by atoms with van der Waals surface area (Å²) in [5, 5.41) is 14.2. The topological polar surface area (TPSA) is 68.0 Å². The van der Waals surface area contributed by atoms with Gasteiger partial charge in [-0.2, -0.15) is 5.10 Å². The van der Waals surface area contributed by atoms with E-state index in [1.807, 2.05) is 30.3 Å². The van der Waals surface area contributed by atoms with Crippen molar-refractivity contribution in [1.82, 2.24) is 14.8 Å². The number of nitrogens with zero attached hydrogens (tertiary/aromatic N) is 3. The number of rotatable bonds is 2. The molecule has 0 fully saturated rings. The molecule has 0 aliphatic carbocycles. The summed E-state index contributed by atoms with van der Waals surface area (Å²) in [5.74, 6) is -0.989. The molecule has 94 valence electrons. The highest BCUT2D eigenvalue weighted by Gasteiger charge is 2.14. The zero-order valence-electron chi connectivity index (χ0n) is 10.2. The molecule has 2 heterocycles. The van der Waals surface area contributed by atoms with E-state index in [1.165, 1.54) is 6.20 Å². The van der Waals surface area contributed by atoms with Crippen LogP contribution in [0, 0.1) is 0 Å². The van der Waals surface area contributed by atoms with Gasteiger partial charge in [0.15, 0.2) is 5.65 Å². The summed E-state index contributed by atoms with van der Waals surface area (Å²) in [5.41, 5.74) is 2.52. The molecule has 0 amide bonds. The maximum absolute atomic E-state index is 11.0. The fourth-order valence-electron chi connectivity index (χ4n) is 2.07. The smallest absolute Gasteiger partial charge is 0.337 e. The molecule has 0 radical (unpaired) electrons. The van der Waals surface area contributed by atoms with Crippen molar-refractivity contribution < 1.29 is 9.90 Å². The van der Waals surface area contributed by atoms with E-state index in [0.717, 1.165) is 16.6 Å². The van der Waals surface area contributed by atoms with Crippen LogP contribution in [0.2, 0.25) is 0 Å². The van der Waals surface area contributed by atoms with Gasteiger partial charge in [-0.05, 0) is 6.07 Å². The summed E-state index contributed by atoms with van der Waals surface area (Å²) in [6.45, 7) is 0. The molecule has 0 saturated carbocycles. The lowest BCUT2D eigenvalue weighted by Crippen LogP contribution is -1.98. The van der Waals surface area contributed by atoms with Crippen LogP contribution in [0.25, 0.3) is 22.3 Å². The zero-order valence-corrected chi connectivity index (χ0v) is 10.2. The van der Waals surface area contributed by atoms with Gasteiger partial charge in [0.25, 0.3) is 0 Å². The largest absolute Gasteiger partial charge is 0.478 e. The summed E-state index contributed by atoms with van der Waals surface area (Å²) < 4.78 is 1.66. The van der Waals surface area contributed by atoms with Crippen LogP contribution in [0.5, 0.6) is 0 Å². The van der Waals surface area contributed by atoms with Crippen LogP contribution in [-0.2, 0) is 7.05 Å². The Morgan fingerprint density at radius 1 is 1.26 bits per heavy atom. The number of pyridine rings is 1. The minimum Gasteiger partial charge on any atom is -0.478 e. The molecule has 19 heavy (non-hydrogen) atoms. The molecule has 0 aliphatic rings. The van der Waals surface area contributed by atoms with Crippen molar-refractivity contribution in [2.24, 2.45) is 7.05 Å². The van der Waals surface area contributed by atoms with Crippen LogP contribution < -0.4 is 0 Å². The first kappa shape index (κ1) is 11.4. The van der Waals surface area contributed by atoms with Gasteiger partial charge < -0.3 is 5.11 Å². The third-order valence-electron chi connectivity index (χ3n) is 2.97. The number of aromatic carboxylic acids is 1. The number of carbonyl (C=O) groups is 1. The van der Waals surface area contributed by atoms with Gasteiger partial charge in [0.05, 0.1) is 5.56 Å². The first-order valence-corrected chi connectivity index (χ1v) is 5.78. The number of benzene rings is 1. The fourth-order valence-corrected chi connectivity index (χ4v) is 2.07. The van der Waals surface area contributed by atoms with Gasteiger partial charge in [-0.25, -0.2) is 14.5 Å². The third-order valence-corrected chi connectivity index (χ3v) is 2.97. The Morgan fingerprint density at radius 2 is 2.00 bits per heavy atom. The van der Waals surface area contributed by atoms with E-state index in [4.69, 9.17) is 5.11 Å². The Bertz CT molecular complexity index is 763. The third kappa shape index (κ3) is 1.85. The second kappa shape index (κ2) is 4.20. The predicted molar refractivity (Wildman–Crippen MR) is 70.9 cm³/mol. The highest BCUT2D eigenvalue weighted by atomic mass is 16.4. The van der Waals surface area contributed by atoms with Crippen molar-refractivity contribution in [3.8, 4) is 11.3 Å². The summed E-state index contributed by atoms with van der Waals surface area (Å²) in [6, 6.07) is 11.3. The molecule has 0 unspecified atom stereocenters. The van der Waals surface area contributed by atoms with E-state index < -0.39 is 5.97 Å². The molecular formula is C14H11N3O2. The second-order valence-corrected chi connectivity index (χ2v) is 4.24. The normalized spacial score (nSPS) is 10.8. The summed E-state index contributed by atoms with van der Waals surface area (Å²) in [6.07, 6.45) is 1.35. The van der Waals surface area contributed by atoms with Crippen LogP contribution in [0.4, 0.5) is 0 Å². The SMILES string of the molecule is Cn1nc(-c2ccccc2)c2cc(C(=O)O)cnc21. The Kier molecular flexibility index (Phi) is 2.52. The molecule has 0 aliphatic heterocycles. The number of aryl methyl sites for hydroxylation is 1. The van der Waals surface area contributed by atoms with Crippen molar-refractivity contribution in [1.29, 1.82) is 0 Å². The van der Waals surface area contributed by atoms with E-state index in [1.54, 1.807) is 17.8 Å². The number of carboxylic acids is 1. The van der Waals surface area contributed by atoms with Gasteiger partial charge in [-0.1, -0.05) is 30.3 Å². The molecule has 5 heteroatoms. The van der Waals surface area contributed by atoms with E-state index in [2.05, 4.69) is 10.1 Å². The van der Waals surface area contributed by atoms with Crippen LogP contribution in [0.15, 0.2) is 42.6 Å². The van der Waals surface area contributed by atoms with Crippen LogP contribution in [-0.4, -0.2) is 25.8 Å². The Hall–Kier alpha value is -2.69. The molecule has 1 N–H and O–H groups in total. The van der Waals surface area contributed by atoms with Crippen molar-refractivity contribution in [3.05, 3.63) is 48.2 Å². The number of hydrogen-bond donors (Lipinski definition) is 1. The highest BCUT2D eigenvalue weighted by Crippen LogP contribution is 2.26. The van der Waals surface area contributed by atoms with Crippen molar-refractivity contribution in [2.45, 2.75) is 0 Å². The molecule has 0 saturated heterocycles. The minimum absolute atomic E-state index is 0.165. The monoisotopic (exact) mass is 253 g/mol. The quantitative estimate of drug-likeness (QED) is 0.761. The van der Waals surface area contributed by atoms with Crippen LogP contribution >= 0.6 is 0 Å². The lowest BCUT2D eigenvalue weighted by Gasteiger charge is -1.98. The average Bonchev–Trinajstić information content (AvgIpc) is 2.77. The molecular weight excluding hydrogens is 242 g/mol. The lowest BCUT2D eigenvalue weighted by molar-refractivity contribution is 0.0696. The Balaban J connectivity index is 2.30. The molecule has 3 aromatic rings. The van der Waals surface area contributed by atoms with E-state index in [9.17, 15) is 4.79 Å². The van der Waals surface area contributed by atoms with Gasteiger partial charge in [0.1, 0.15) is 5.69 Å². The van der Waals surface area contributed by atoms with Crippen molar-refractivity contribution >= 4 is 17.0 Å². The van der Waals surface area contributed by atoms with Gasteiger partial charge >= 0.3 is 5.97 Å². The standard InChI is InChI=1S/C14H11N3O2/c1-17-13-11(7-10(8-15-13)14(18)19)12(16-17)9-5-3-2-4-6-9/h2-8H,1H3,(H,18,19). The fraction of sp³-hybridized carbons (Fsp3) is 0.0714. The predicted octanol–water partition coefficient (Wildman–Crippen LogP) is 2.33. The van der Waals surface area contributed by atoms with Crippen molar-refractivity contribution in [2.75, 3.05) is 0 Å². The van der Waals surface area contributed by atoms with Gasteiger partial charge in [-0.15, -0.1) is 0 Å². The van der Waals surface area contributed by atoms with Crippen molar-refractivity contribution in [3.63, 3.8) is 0 Å². The zero-order chi connectivity index (χ0) is 13.4. The van der Waals surface area contributed by atoms with Crippen LogP contribution in [0.1, 0.15) is 10.4 Å². The average molecular weight is 253 g/mol. The number of hydrogen-bond acceptors (Lipinski definition) is 3. The summed E-state index contributed by atoms with van der Waals surface area (Å²) in [4.78, 5) is 15.2. The maximum Gasteiger partial charge on any atom is 0.337 e. The summed E-state index contributed by atoms with van der Waals surface area (Å²) >= 11 is 0. The van der Waals surface area contributed by atoms with E-state index >= 15 is 0 Å². The lowest BCUT2D eigenvalue weighted by atomic mass is 10.1. The molecule has 0 spiro atoms. The maximum atomic E-state index is 11.0. The molecule has 1 aromatic carbocycles. The second-order valence-electron chi connectivity index (χ2n) is 4.24. The van der Waals surface area contributed by atoms with Gasteiger partial charge in [0, 0.05) is 24.2 Å². The Labute approximate surface area is 109 Å². The summed E-state index contributed by atoms with van der Waals surface area (Å²) in [7, 11) is 1.79. The van der Waals surface area contributed by atoms with Crippen LogP contribution in [0.3, 0.4) is 0 Å². The van der Waals surface area contributed by atoms with E-state index in [-0.39, 0.29) is 5.56 Å². The van der Waals surface area contributed by atoms with Gasteiger partial charge in [0.2, 0.25) is 0 Å². The molecule has 3 rings (SSSR count). The molecule has 5 nitrogen and oxygen atoms in total. The van der Waals surface area contributed by atoms with E-state index in [0.29, 0.717) is 5.65 Å². The van der Waals surface area contributed by atoms with Gasteiger partial charge in [-0.3, -0.25) is 0 Å². The minimum atomic E-state index is -0.989. The molecule has 0 atom stereocenters. The first-order valence-electron chi connectivity index (χ1n) is 5.78. The first-order chi connectivity index (χ1) is 9.16. The molecule has 0 bridgehead atoms. The number of fused-ring (bicyclic) bond motifs is 1. The Morgan fingerprint density at radius 3 is 2.68 bits per heavy atom. The highest BCUT2D eigenvalue weighted by molar-refractivity contribution is 5.97. The number of aromatic nitrogens is 3. The number of carboxylic acid groups (broad SMARTS) is 1. The molecule has 2 aromatic heterocycles.